The zero-order valence-electron chi connectivity index (χ0n) is 11.3. The standard InChI is InChI=1S/C15H10N6O/c16-9-10-4-3-5-11(8-10)18-20-14-13(19-21-15(14)22)12-6-1-2-7-17-12/h1-8H,(H2,19,21,22). The predicted octanol–water partition coefficient (Wildman–Crippen LogP) is 3.05. The van der Waals surface area contributed by atoms with Gasteiger partial charge in [-0.3, -0.25) is 20.0 Å². The lowest BCUT2D eigenvalue weighted by Gasteiger charge is -1.96. The summed E-state index contributed by atoms with van der Waals surface area (Å²) in [5.41, 5.74) is 1.77. The van der Waals surface area contributed by atoms with Crippen molar-refractivity contribution in [1.29, 1.82) is 5.26 Å². The molecule has 2 heterocycles. The normalized spacial score (nSPS) is 10.7. The first kappa shape index (κ1) is 13.5. The summed E-state index contributed by atoms with van der Waals surface area (Å²) in [7, 11) is 0. The largest absolute Gasteiger partial charge is 0.294 e. The first-order chi connectivity index (χ1) is 10.8. The summed E-state index contributed by atoms with van der Waals surface area (Å²) < 4.78 is 0. The summed E-state index contributed by atoms with van der Waals surface area (Å²) in [6, 6.07) is 14.0. The highest BCUT2D eigenvalue weighted by Gasteiger charge is 2.12. The van der Waals surface area contributed by atoms with Gasteiger partial charge in [-0.1, -0.05) is 12.1 Å². The molecular formula is C15H10N6O. The molecule has 3 rings (SSSR count). The van der Waals surface area contributed by atoms with Gasteiger partial charge in [0.25, 0.3) is 5.56 Å². The minimum atomic E-state index is -0.388. The van der Waals surface area contributed by atoms with Crippen LogP contribution in [0.3, 0.4) is 0 Å². The van der Waals surface area contributed by atoms with E-state index in [-0.39, 0.29) is 11.2 Å². The molecule has 7 heteroatoms. The van der Waals surface area contributed by atoms with E-state index in [1.54, 1.807) is 42.6 Å². The topological polar surface area (TPSA) is 110 Å². The van der Waals surface area contributed by atoms with Crippen molar-refractivity contribution < 1.29 is 0 Å². The van der Waals surface area contributed by atoms with Crippen molar-refractivity contribution in [1.82, 2.24) is 15.2 Å². The molecule has 0 saturated carbocycles. The van der Waals surface area contributed by atoms with Crippen LogP contribution < -0.4 is 5.56 Å². The number of pyridine rings is 1. The van der Waals surface area contributed by atoms with Crippen molar-refractivity contribution in [3.05, 3.63) is 64.6 Å². The van der Waals surface area contributed by atoms with Crippen LogP contribution in [0.1, 0.15) is 5.56 Å². The molecule has 0 bridgehead atoms. The zero-order valence-corrected chi connectivity index (χ0v) is 11.3. The molecule has 0 unspecified atom stereocenters. The molecule has 0 aliphatic rings. The Morgan fingerprint density at radius 3 is 2.77 bits per heavy atom. The van der Waals surface area contributed by atoms with E-state index in [0.717, 1.165) is 0 Å². The molecule has 0 aliphatic heterocycles. The number of hydrogen-bond acceptors (Lipinski definition) is 5. The molecule has 3 aromatic rings. The molecule has 0 atom stereocenters. The second-order valence-corrected chi connectivity index (χ2v) is 4.38. The molecule has 0 saturated heterocycles. The van der Waals surface area contributed by atoms with Crippen LogP contribution in [0.15, 0.2) is 63.7 Å². The molecule has 0 radical (unpaired) electrons. The molecule has 2 aromatic heterocycles. The molecule has 7 nitrogen and oxygen atoms in total. The van der Waals surface area contributed by atoms with Gasteiger partial charge in [-0.2, -0.15) is 10.4 Å². The van der Waals surface area contributed by atoms with Crippen molar-refractivity contribution in [2.24, 2.45) is 10.2 Å². The van der Waals surface area contributed by atoms with Gasteiger partial charge < -0.3 is 0 Å². The number of nitrogens with zero attached hydrogens (tertiary/aromatic N) is 4. The maximum absolute atomic E-state index is 11.8. The van der Waals surface area contributed by atoms with Crippen molar-refractivity contribution >= 4 is 11.4 Å². The van der Waals surface area contributed by atoms with E-state index >= 15 is 0 Å². The third-order valence-electron chi connectivity index (χ3n) is 2.91. The van der Waals surface area contributed by atoms with Gasteiger partial charge in [0.05, 0.1) is 23.0 Å². The van der Waals surface area contributed by atoms with E-state index in [4.69, 9.17) is 5.26 Å². The third kappa shape index (κ3) is 2.66. The SMILES string of the molecule is N#Cc1cccc(N=Nc2c(-c3ccccn3)[nH][nH]c2=O)c1. The average molecular weight is 290 g/mol. The van der Waals surface area contributed by atoms with Gasteiger partial charge >= 0.3 is 0 Å². The first-order valence-corrected chi connectivity index (χ1v) is 6.42. The predicted molar refractivity (Wildman–Crippen MR) is 80.0 cm³/mol. The maximum Gasteiger partial charge on any atom is 0.292 e. The fourth-order valence-electron chi connectivity index (χ4n) is 1.89. The van der Waals surface area contributed by atoms with Crippen LogP contribution in [0.4, 0.5) is 11.4 Å². The Bertz CT molecular complexity index is 917. The number of nitrogens with one attached hydrogen (secondary N) is 2. The maximum atomic E-state index is 11.8. The van der Waals surface area contributed by atoms with Crippen molar-refractivity contribution in [2.45, 2.75) is 0 Å². The van der Waals surface area contributed by atoms with E-state index in [1.807, 2.05) is 12.1 Å². The van der Waals surface area contributed by atoms with Crippen LogP contribution in [-0.4, -0.2) is 15.2 Å². The second kappa shape index (κ2) is 5.85. The highest BCUT2D eigenvalue weighted by molar-refractivity contribution is 5.67. The molecule has 0 spiro atoms. The quantitative estimate of drug-likeness (QED) is 0.723. The average Bonchev–Trinajstić information content (AvgIpc) is 2.95. The Morgan fingerprint density at radius 1 is 1.09 bits per heavy atom. The zero-order chi connectivity index (χ0) is 15.4. The Balaban J connectivity index is 1.99. The molecule has 2 N–H and O–H groups in total. The van der Waals surface area contributed by atoms with Gasteiger partial charge in [0, 0.05) is 6.20 Å². The Morgan fingerprint density at radius 2 is 2.00 bits per heavy atom. The minimum Gasteiger partial charge on any atom is -0.294 e. The minimum absolute atomic E-state index is 0.140. The lowest BCUT2D eigenvalue weighted by molar-refractivity contribution is 1.05. The summed E-state index contributed by atoms with van der Waals surface area (Å²) in [6.45, 7) is 0. The van der Waals surface area contributed by atoms with E-state index < -0.39 is 0 Å². The number of benzene rings is 1. The van der Waals surface area contributed by atoms with Crippen molar-refractivity contribution in [3.8, 4) is 17.5 Å². The molecular weight excluding hydrogens is 280 g/mol. The van der Waals surface area contributed by atoms with Gasteiger partial charge in [-0.25, -0.2) is 0 Å². The van der Waals surface area contributed by atoms with Gasteiger partial charge in [-0.15, -0.1) is 5.11 Å². The smallest absolute Gasteiger partial charge is 0.292 e. The van der Waals surface area contributed by atoms with Crippen molar-refractivity contribution in [2.75, 3.05) is 0 Å². The molecule has 0 amide bonds. The van der Waals surface area contributed by atoms with Crippen LogP contribution in [0, 0.1) is 11.3 Å². The fourth-order valence-corrected chi connectivity index (χ4v) is 1.89. The van der Waals surface area contributed by atoms with E-state index in [0.29, 0.717) is 22.6 Å². The molecule has 0 aliphatic carbocycles. The summed E-state index contributed by atoms with van der Waals surface area (Å²) >= 11 is 0. The highest BCUT2D eigenvalue weighted by Crippen LogP contribution is 2.24. The summed E-state index contributed by atoms with van der Waals surface area (Å²) in [4.78, 5) is 16.0. The van der Waals surface area contributed by atoms with Gasteiger partial charge in [0.15, 0.2) is 5.69 Å². The van der Waals surface area contributed by atoms with Crippen LogP contribution in [0.2, 0.25) is 0 Å². The van der Waals surface area contributed by atoms with Crippen LogP contribution in [0.5, 0.6) is 0 Å². The monoisotopic (exact) mass is 290 g/mol. The van der Waals surface area contributed by atoms with Crippen LogP contribution >= 0.6 is 0 Å². The number of H-pyrrole nitrogens is 2. The molecule has 0 fully saturated rings. The molecule has 106 valence electrons. The summed E-state index contributed by atoms with van der Waals surface area (Å²) in [5, 5.41) is 22.1. The van der Waals surface area contributed by atoms with Crippen LogP contribution in [0.25, 0.3) is 11.4 Å². The Labute approximate surface area is 125 Å². The van der Waals surface area contributed by atoms with Gasteiger partial charge in [0.2, 0.25) is 0 Å². The number of aromatic amines is 2. The number of rotatable bonds is 3. The van der Waals surface area contributed by atoms with E-state index in [1.165, 1.54) is 0 Å². The lowest BCUT2D eigenvalue weighted by Crippen LogP contribution is -1.96. The number of nitriles is 1. The number of hydrogen-bond donors (Lipinski definition) is 2. The van der Waals surface area contributed by atoms with Crippen molar-refractivity contribution in [3.63, 3.8) is 0 Å². The van der Waals surface area contributed by atoms with Crippen LogP contribution in [-0.2, 0) is 0 Å². The molecule has 1 aromatic carbocycles. The first-order valence-electron chi connectivity index (χ1n) is 6.42. The lowest BCUT2D eigenvalue weighted by atomic mass is 10.2. The fraction of sp³-hybridized carbons (Fsp3) is 0. The Kier molecular flexibility index (Phi) is 3.58. The van der Waals surface area contributed by atoms with E-state index in [9.17, 15) is 4.79 Å². The highest BCUT2D eigenvalue weighted by atomic mass is 16.1. The third-order valence-corrected chi connectivity index (χ3v) is 2.91. The number of azo groups is 1. The summed E-state index contributed by atoms with van der Waals surface area (Å²) in [5.74, 6) is 0. The molecule has 22 heavy (non-hydrogen) atoms. The van der Waals surface area contributed by atoms with Gasteiger partial charge in [-0.05, 0) is 30.3 Å². The second-order valence-electron chi connectivity index (χ2n) is 4.38. The van der Waals surface area contributed by atoms with E-state index in [2.05, 4.69) is 25.4 Å². The van der Waals surface area contributed by atoms with Gasteiger partial charge in [0.1, 0.15) is 5.69 Å². The summed E-state index contributed by atoms with van der Waals surface area (Å²) in [6.07, 6.45) is 1.62. The number of aromatic nitrogens is 3. The Hall–Kier alpha value is -3.53.